The van der Waals surface area contributed by atoms with Crippen LogP contribution in [0.25, 0.3) is 0 Å². The quantitative estimate of drug-likeness (QED) is 0.671. The van der Waals surface area contributed by atoms with Crippen LogP contribution < -0.4 is 0 Å². The van der Waals surface area contributed by atoms with Crippen molar-refractivity contribution < 1.29 is 0 Å². The van der Waals surface area contributed by atoms with E-state index < -0.39 is 0 Å². The predicted octanol–water partition coefficient (Wildman–Crippen LogP) is 1.18. The third-order valence-electron chi connectivity index (χ3n) is 0.635. The van der Waals surface area contributed by atoms with Crippen LogP contribution in [0.2, 0.25) is 0 Å². The fourth-order valence-corrected chi connectivity index (χ4v) is 1.09. The van der Waals surface area contributed by atoms with Gasteiger partial charge in [0.2, 0.25) is 0 Å². The molecule has 0 spiro atoms. The zero-order chi connectivity index (χ0) is 6.15. The van der Waals surface area contributed by atoms with Gasteiger partial charge in [0.25, 0.3) is 0 Å². The summed E-state index contributed by atoms with van der Waals surface area (Å²) >= 11 is 5.32. The van der Waals surface area contributed by atoms with Crippen molar-refractivity contribution >= 4 is 38.5 Å². The van der Waals surface area contributed by atoms with Crippen LogP contribution in [-0.2, 0) is 7.05 Å². The Balaban J connectivity index is 3.14. The maximum absolute atomic E-state index is 3.96. The van der Waals surface area contributed by atoms with Gasteiger partial charge < -0.3 is 0 Å². The van der Waals surface area contributed by atoms with Crippen LogP contribution >= 0.6 is 38.5 Å². The van der Waals surface area contributed by atoms with E-state index in [0.717, 1.165) is 8.30 Å². The average Bonchev–Trinajstić information content (AvgIpc) is 1.85. The number of hydrogen-bond donors (Lipinski definition) is 0. The van der Waals surface area contributed by atoms with Crippen molar-refractivity contribution in [2.45, 2.75) is 0 Å². The molecule has 8 heavy (non-hydrogen) atoms. The van der Waals surface area contributed by atoms with Crippen LogP contribution in [0.4, 0.5) is 0 Å². The molecular formula is C3H3BrIN3. The first-order valence-electron chi connectivity index (χ1n) is 1.92. The molecule has 0 aliphatic carbocycles. The fraction of sp³-hybridized carbons (Fsp3) is 0.333. The minimum Gasteiger partial charge on any atom is -0.186 e. The van der Waals surface area contributed by atoms with Crippen molar-refractivity contribution in [3.63, 3.8) is 0 Å². The third kappa shape index (κ3) is 1.19. The Labute approximate surface area is 68.7 Å². The summed E-state index contributed by atoms with van der Waals surface area (Å²) in [6, 6.07) is 0. The molecule has 0 radical (unpaired) electrons. The highest BCUT2D eigenvalue weighted by molar-refractivity contribution is 14.1. The molecule has 0 fully saturated rings. The highest BCUT2D eigenvalue weighted by Gasteiger charge is 1.99. The average molecular weight is 288 g/mol. The number of rotatable bonds is 0. The summed E-state index contributed by atoms with van der Waals surface area (Å²) in [5, 5.41) is 7.88. The number of halogens is 2. The summed E-state index contributed by atoms with van der Waals surface area (Å²) in [6.45, 7) is 0. The lowest BCUT2D eigenvalue weighted by Crippen LogP contribution is -1.91. The summed E-state index contributed by atoms with van der Waals surface area (Å²) < 4.78 is 1.70. The van der Waals surface area contributed by atoms with Crippen LogP contribution in [0.5, 0.6) is 0 Å². The second-order valence-corrected chi connectivity index (χ2v) is 3.04. The molecule has 0 N–H and O–H groups in total. The molecule has 0 saturated heterocycles. The Morgan fingerprint density at radius 2 is 2.25 bits per heavy atom. The molecule has 0 aliphatic heterocycles. The predicted molar refractivity (Wildman–Crippen MR) is 41.4 cm³/mol. The molecule has 1 heterocycles. The van der Waals surface area contributed by atoms with Gasteiger partial charge in [-0.15, -0.1) is 10.2 Å². The normalized spacial score (nSPS) is 9.88. The van der Waals surface area contributed by atoms with Gasteiger partial charge in [0, 0.05) is 7.05 Å². The largest absolute Gasteiger partial charge is 0.186 e. The van der Waals surface area contributed by atoms with Crippen molar-refractivity contribution in [3.05, 3.63) is 8.30 Å². The molecule has 3 nitrogen and oxygen atoms in total. The minimum absolute atomic E-state index is 0.806. The van der Waals surface area contributed by atoms with E-state index in [1.165, 1.54) is 4.80 Å². The van der Waals surface area contributed by atoms with Gasteiger partial charge in [0.05, 0.1) is 0 Å². The number of hydrogen-bond acceptors (Lipinski definition) is 2. The molecule has 1 aromatic rings. The van der Waals surface area contributed by atoms with E-state index in [0.29, 0.717) is 0 Å². The molecule has 0 atom stereocenters. The first kappa shape index (κ1) is 6.47. The summed E-state index contributed by atoms with van der Waals surface area (Å²) in [6.07, 6.45) is 0. The molecule has 0 amide bonds. The van der Waals surface area contributed by atoms with Gasteiger partial charge in [0.1, 0.15) is 0 Å². The number of aryl methyl sites for hydroxylation is 1. The van der Waals surface area contributed by atoms with E-state index >= 15 is 0 Å². The molecule has 0 saturated carbocycles. The smallest absolute Gasteiger partial charge is 0.161 e. The van der Waals surface area contributed by atoms with E-state index in [9.17, 15) is 0 Å². The van der Waals surface area contributed by atoms with Gasteiger partial charge in [-0.3, -0.25) is 0 Å². The fourth-order valence-electron chi connectivity index (χ4n) is 0.359. The van der Waals surface area contributed by atoms with E-state index in [-0.39, 0.29) is 0 Å². The molecule has 44 valence electrons. The van der Waals surface area contributed by atoms with Crippen molar-refractivity contribution in [1.29, 1.82) is 0 Å². The zero-order valence-electron chi connectivity index (χ0n) is 4.10. The summed E-state index contributed by atoms with van der Waals surface area (Å²) in [5.74, 6) is 0. The van der Waals surface area contributed by atoms with E-state index in [1.807, 2.05) is 0 Å². The topological polar surface area (TPSA) is 30.7 Å². The molecule has 0 unspecified atom stereocenters. The summed E-state index contributed by atoms with van der Waals surface area (Å²) in [5.41, 5.74) is 0. The van der Waals surface area contributed by atoms with Gasteiger partial charge in [0.15, 0.2) is 8.30 Å². The van der Waals surface area contributed by atoms with Gasteiger partial charge in [-0.05, 0) is 38.5 Å². The van der Waals surface area contributed by atoms with Crippen LogP contribution in [0.15, 0.2) is 4.60 Å². The number of aromatic nitrogens is 3. The van der Waals surface area contributed by atoms with E-state index in [2.05, 4.69) is 48.7 Å². The Bertz CT molecular complexity index is 177. The molecule has 0 bridgehead atoms. The molecule has 0 aliphatic rings. The monoisotopic (exact) mass is 287 g/mol. The first-order chi connectivity index (χ1) is 3.70. The van der Waals surface area contributed by atoms with E-state index in [4.69, 9.17) is 0 Å². The molecule has 1 rings (SSSR count). The zero-order valence-corrected chi connectivity index (χ0v) is 7.84. The summed E-state index contributed by atoms with van der Waals surface area (Å²) in [4.78, 5) is 1.52. The van der Waals surface area contributed by atoms with Crippen LogP contribution in [0, 0.1) is 3.70 Å². The van der Waals surface area contributed by atoms with Gasteiger partial charge in [-0.2, -0.15) is 4.80 Å². The first-order valence-corrected chi connectivity index (χ1v) is 3.79. The summed E-state index contributed by atoms with van der Waals surface area (Å²) in [7, 11) is 1.78. The van der Waals surface area contributed by atoms with E-state index in [1.54, 1.807) is 7.05 Å². The van der Waals surface area contributed by atoms with Crippen LogP contribution in [-0.4, -0.2) is 15.0 Å². The molecular weight excluding hydrogens is 285 g/mol. The van der Waals surface area contributed by atoms with Crippen LogP contribution in [0.3, 0.4) is 0 Å². The lowest BCUT2D eigenvalue weighted by molar-refractivity contribution is 0.647. The second kappa shape index (κ2) is 2.30. The maximum atomic E-state index is 3.96. The highest BCUT2D eigenvalue weighted by Crippen LogP contribution is 2.11. The molecule has 0 aromatic carbocycles. The Morgan fingerprint density at radius 1 is 1.62 bits per heavy atom. The maximum Gasteiger partial charge on any atom is 0.161 e. The van der Waals surface area contributed by atoms with Crippen molar-refractivity contribution in [2.75, 3.05) is 0 Å². The molecule has 5 heteroatoms. The van der Waals surface area contributed by atoms with Crippen molar-refractivity contribution in [1.82, 2.24) is 15.0 Å². The Kier molecular flexibility index (Phi) is 1.86. The van der Waals surface area contributed by atoms with Gasteiger partial charge >= 0.3 is 0 Å². The van der Waals surface area contributed by atoms with Crippen LogP contribution in [0.1, 0.15) is 0 Å². The second-order valence-electron chi connectivity index (χ2n) is 1.27. The SMILES string of the molecule is Cn1nc(Br)c(I)n1. The molecule has 1 aromatic heterocycles. The van der Waals surface area contributed by atoms with Crippen molar-refractivity contribution in [3.8, 4) is 0 Å². The van der Waals surface area contributed by atoms with Crippen molar-refractivity contribution in [2.24, 2.45) is 7.05 Å². The highest BCUT2D eigenvalue weighted by atomic mass is 127. The van der Waals surface area contributed by atoms with Gasteiger partial charge in [-0.1, -0.05) is 0 Å². The Morgan fingerprint density at radius 3 is 2.38 bits per heavy atom. The third-order valence-corrected chi connectivity index (χ3v) is 2.64. The minimum atomic E-state index is 0.806. The standard InChI is InChI=1S/C3H3BrIN3/c1-8-6-2(4)3(5)7-8/h1H3. The lowest BCUT2D eigenvalue weighted by atomic mass is 11.0. The lowest BCUT2D eigenvalue weighted by Gasteiger charge is -1.76. The number of nitrogens with zero attached hydrogens (tertiary/aromatic N) is 3. The Hall–Kier alpha value is 0.350. The van der Waals surface area contributed by atoms with Gasteiger partial charge in [-0.25, -0.2) is 0 Å².